The minimum absolute atomic E-state index is 0.0340. The smallest absolute Gasteiger partial charge is 0.410 e. The number of hydrogen-bond acceptors (Lipinski definition) is 19. The summed E-state index contributed by atoms with van der Waals surface area (Å²) in [5, 5.41) is 76.9. The summed E-state index contributed by atoms with van der Waals surface area (Å²) in [4.78, 5) is 53.5. The van der Waals surface area contributed by atoms with E-state index in [2.05, 4.69) is 21.3 Å². The Balaban J connectivity index is 2.05. The van der Waals surface area contributed by atoms with Crippen LogP contribution in [-0.4, -0.2) is 195 Å². The molecular weight excluding hydrogens is 848 g/mol. The fourth-order valence-electron chi connectivity index (χ4n) is 7.24. The third kappa shape index (κ3) is 16.7. The monoisotopic (exact) mass is 923 g/mol. The van der Waals surface area contributed by atoms with E-state index < -0.39 is 133 Å². The Labute approximate surface area is 374 Å². The van der Waals surface area contributed by atoms with Gasteiger partial charge in [0, 0.05) is 20.1 Å². The van der Waals surface area contributed by atoms with E-state index in [-0.39, 0.29) is 38.9 Å². The van der Waals surface area contributed by atoms with Gasteiger partial charge < -0.3 is 95.7 Å². The van der Waals surface area contributed by atoms with Gasteiger partial charge in [-0.25, -0.2) is 14.4 Å². The van der Waals surface area contributed by atoms with Crippen LogP contribution in [0.25, 0.3) is 0 Å². The summed E-state index contributed by atoms with van der Waals surface area (Å²) in [5.74, 6) is -0.644. The fourth-order valence-corrected chi connectivity index (χ4v) is 7.24. The maximum absolute atomic E-state index is 13.7. The van der Waals surface area contributed by atoms with Crippen molar-refractivity contribution in [3.05, 3.63) is 11.8 Å². The molecule has 3 aliphatic rings. The van der Waals surface area contributed by atoms with Gasteiger partial charge in [0.25, 0.3) is 0 Å². The Morgan fingerprint density at radius 3 is 2.00 bits per heavy atom. The molecule has 4 amide bonds. The predicted molar refractivity (Wildman–Crippen MR) is 226 cm³/mol. The molecule has 23 heteroatoms. The highest BCUT2D eigenvalue weighted by molar-refractivity contribution is 5.81. The van der Waals surface area contributed by atoms with Crippen LogP contribution in [0.3, 0.4) is 0 Å². The van der Waals surface area contributed by atoms with Crippen molar-refractivity contribution in [2.45, 2.75) is 184 Å². The number of aliphatic hydroxyl groups excluding tert-OH is 5. The van der Waals surface area contributed by atoms with Crippen LogP contribution < -0.4 is 27.0 Å². The van der Waals surface area contributed by atoms with Crippen molar-refractivity contribution in [2.24, 2.45) is 5.73 Å². The molecule has 0 bridgehead atoms. The summed E-state index contributed by atoms with van der Waals surface area (Å²) >= 11 is 0. The molecule has 0 spiro atoms. The van der Waals surface area contributed by atoms with E-state index in [4.69, 9.17) is 38.9 Å². The van der Waals surface area contributed by atoms with Crippen LogP contribution >= 0.6 is 0 Å². The lowest BCUT2D eigenvalue weighted by molar-refractivity contribution is -0.311. The van der Waals surface area contributed by atoms with Crippen molar-refractivity contribution in [1.29, 1.82) is 0 Å². The van der Waals surface area contributed by atoms with Gasteiger partial charge in [0.15, 0.2) is 6.29 Å². The zero-order chi connectivity index (χ0) is 48.5. The number of likely N-dealkylation sites (N-methyl/N-ethyl adjacent to an activating group) is 1. The molecule has 2 fully saturated rings. The second kappa shape index (κ2) is 22.7. The minimum atomic E-state index is -1.85. The Kier molecular flexibility index (Phi) is 19.4. The summed E-state index contributed by atoms with van der Waals surface area (Å²) in [5.41, 5.74) is 1.34. The Bertz CT molecular complexity index is 1580. The van der Waals surface area contributed by atoms with E-state index in [1.807, 2.05) is 0 Å². The van der Waals surface area contributed by atoms with Crippen molar-refractivity contribution in [2.75, 3.05) is 39.9 Å². The van der Waals surface area contributed by atoms with Crippen molar-refractivity contribution >= 4 is 24.2 Å². The van der Waals surface area contributed by atoms with Crippen LogP contribution in [0.1, 0.15) is 88.5 Å². The molecule has 2 unspecified atom stereocenters. The number of nitrogens with two attached hydrogens (primary N) is 1. The van der Waals surface area contributed by atoms with Crippen LogP contribution in [0.15, 0.2) is 11.8 Å². The van der Waals surface area contributed by atoms with Crippen molar-refractivity contribution in [3.8, 4) is 0 Å². The quantitative estimate of drug-likeness (QED) is 0.0808. The van der Waals surface area contributed by atoms with Crippen LogP contribution in [-0.2, 0) is 38.0 Å². The molecule has 3 rings (SSSR count). The van der Waals surface area contributed by atoms with E-state index in [1.54, 1.807) is 68.4 Å². The molecule has 23 nitrogen and oxygen atoms in total. The van der Waals surface area contributed by atoms with Gasteiger partial charge in [-0.3, -0.25) is 4.79 Å². The summed E-state index contributed by atoms with van der Waals surface area (Å²) in [6.45, 7) is 14.8. The van der Waals surface area contributed by atoms with E-state index in [0.717, 1.165) is 4.90 Å². The molecule has 64 heavy (non-hydrogen) atoms. The molecule has 0 aromatic carbocycles. The Morgan fingerprint density at radius 2 is 1.44 bits per heavy atom. The zero-order valence-corrected chi connectivity index (χ0v) is 38.9. The van der Waals surface area contributed by atoms with E-state index in [0.29, 0.717) is 5.76 Å². The van der Waals surface area contributed by atoms with Gasteiger partial charge in [-0.2, -0.15) is 0 Å². The number of ether oxygens (including phenoxy) is 7. The van der Waals surface area contributed by atoms with Gasteiger partial charge in [-0.15, -0.1) is 0 Å². The normalized spacial score (nSPS) is 31.0. The van der Waals surface area contributed by atoms with Gasteiger partial charge in [0.05, 0.1) is 50.0 Å². The molecule has 0 aromatic rings. The number of hydrogen-bond donors (Lipinski definition) is 11. The molecule has 370 valence electrons. The summed E-state index contributed by atoms with van der Waals surface area (Å²) in [7, 11) is 1.31. The molecule has 12 N–H and O–H groups in total. The molecule has 1 saturated heterocycles. The van der Waals surface area contributed by atoms with Crippen LogP contribution in [0.2, 0.25) is 0 Å². The molecule has 1 saturated carbocycles. The number of carbonyl (C=O) groups excluding carboxylic acids is 4. The van der Waals surface area contributed by atoms with Gasteiger partial charge in [0.1, 0.15) is 58.7 Å². The predicted octanol–water partition coefficient (Wildman–Crippen LogP) is -1.22. The maximum Gasteiger partial charge on any atom is 0.410 e. The summed E-state index contributed by atoms with van der Waals surface area (Å²) in [6, 6.07) is -4.62. The van der Waals surface area contributed by atoms with Crippen LogP contribution in [0.5, 0.6) is 0 Å². The third-order valence-corrected chi connectivity index (χ3v) is 10.1. The lowest BCUT2D eigenvalue weighted by atomic mass is 9.82. The van der Waals surface area contributed by atoms with Crippen molar-refractivity contribution in [1.82, 2.24) is 26.2 Å². The highest BCUT2D eigenvalue weighted by Crippen LogP contribution is 2.35. The summed E-state index contributed by atoms with van der Waals surface area (Å²) in [6.07, 6.45) is -13.7. The Hall–Kier alpha value is -3.62. The second-order valence-electron chi connectivity index (χ2n) is 19.5. The van der Waals surface area contributed by atoms with Crippen LogP contribution in [0, 0.1) is 0 Å². The van der Waals surface area contributed by atoms with Crippen LogP contribution in [0.4, 0.5) is 14.4 Å². The number of carbonyl (C=O) groups is 4. The first kappa shape index (κ1) is 54.7. The maximum atomic E-state index is 13.7. The minimum Gasteiger partial charge on any atom is -0.467 e. The van der Waals surface area contributed by atoms with E-state index in [9.17, 15) is 49.8 Å². The molecule has 13 atom stereocenters. The van der Waals surface area contributed by atoms with Gasteiger partial charge >= 0.3 is 18.3 Å². The summed E-state index contributed by atoms with van der Waals surface area (Å²) < 4.78 is 40.9. The number of alkyl carbamates (subject to hydrolysis) is 2. The van der Waals surface area contributed by atoms with Gasteiger partial charge in [0.2, 0.25) is 12.2 Å². The van der Waals surface area contributed by atoms with Crippen molar-refractivity contribution < 1.29 is 83.0 Å². The number of nitrogens with one attached hydrogen (secondary N) is 4. The number of rotatable bonds is 16. The average Bonchev–Trinajstić information content (AvgIpc) is 3.15. The average molecular weight is 923 g/mol. The molecular formula is C41H74N6O17. The highest BCUT2D eigenvalue weighted by Gasteiger charge is 2.55. The van der Waals surface area contributed by atoms with Gasteiger partial charge in [-0.1, -0.05) is 0 Å². The number of nitrogens with zero attached hydrogens (tertiary/aromatic N) is 1. The first-order chi connectivity index (χ1) is 29.4. The van der Waals surface area contributed by atoms with E-state index >= 15 is 0 Å². The van der Waals surface area contributed by atoms with Gasteiger partial charge in [-0.05, 0) is 94.6 Å². The fraction of sp³-hybridized carbons (Fsp3) is 0.854. The molecule has 0 radical (unpaired) electrons. The first-order valence-electron chi connectivity index (χ1n) is 21.4. The molecule has 2 aliphatic heterocycles. The Morgan fingerprint density at radius 1 is 0.875 bits per heavy atom. The lowest BCUT2D eigenvalue weighted by Crippen LogP contribution is -2.71. The SMILES string of the molecule is CN(C(=O)OC(C)(C)C)[C@@H]1[C@@H](O)[C@@H](O[C@@H]2[C@@H](O)[C@H](OC3OC(CN)=CC[C@H]3NCC(O)CO)[C@@H](NC(=O)OC(C)(C)C)C[C@H]2NC(=O)[C@@H](O)CCNC(=O)OC(C)(C)C)OC[C@]1(C)O. The zero-order valence-electron chi connectivity index (χ0n) is 38.9. The second-order valence-corrected chi connectivity index (χ2v) is 19.5. The molecule has 1 aliphatic carbocycles. The number of aliphatic hydroxyl groups is 6. The standard InChI is InChI=1S/C41H74N6O17/c1-38(2,3)62-35(54)43-15-14-26(50)32(53)45-24-16-25(46-36(55)63-39(4,5)6)30(60-33-23(44-18-21(49)19-48)13-12-22(17-42)59-33)27(51)29(24)61-34-28(52)31(41(10,57)20-58-34)47(11)37(56)64-40(7,8)9/h12,21,23-31,33-34,44,48-52,57H,13-20,42H2,1-11H3,(H,43,54)(H,45,53)(H,46,55)/t21?,23-,24-,25+,26+,27-,28-,29+,30-,31-,33?,34-,41+/m1/s1. The molecule has 2 heterocycles. The van der Waals surface area contributed by atoms with E-state index in [1.165, 1.54) is 14.0 Å². The topological polar surface area (TPSA) is 332 Å². The largest absolute Gasteiger partial charge is 0.467 e. The number of amides is 4. The lowest BCUT2D eigenvalue weighted by Gasteiger charge is -2.50. The third-order valence-electron chi connectivity index (χ3n) is 10.1. The molecule has 0 aromatic heterocycles. The first-order valence-corrected chi connectivity index (χ1v) is 21.4. The highest BCUT2D eigenvalue weighted by atomic mass is 16.7. The van der Waals surface area contributed by atoms with Crippen molar-refractivity contribution in [3.63, 3.8) is 0 Å².